The van der Waals surface area contributed by atoms with E-state index in [1.807, 2.05) is 32.0 Å². The molecule has 0 saturated carbocycles. The van der Waals surface area contributed by atoms with Gasteiger partial charge in [0.25, 0.3) is 11.8 Å². The molecule has 0 unspecified atom stereocenters. The van der Waals surface area contributed by atoms with Crippen LogP contribution in [0.1, 0.15) is 38.3 Å². The summed E-state index contributed by atoms with van der Waals surface area (Å²) in [7, 11) is 0. The smallest absolute Gasteiger partial charge is 0.262 e. The Balaban J connectivity index is 1.65. The van der Waals surface area contributed by atoms with E-state index in [0.717, 1.165) is 5.56 Å². The Morgan fingerprint density at radius 2 is 1.55 bits per heavy atom. The number of hydrogen-bond donors (Lipinski definition) is 2. The van der Waals surface area contributed by atoms with Crippen molar-refractivity contribution < 1.29 is 19.1 Å². The third-order valence-electron chi connectivity index (χ3n) is 5.60. The number of carbonyl (C=O) groups is 2. The highest BCUT2D eigenvalue weighted by Gasteiger charge is 2.25. The summed E-state index contributed by atoms with van der Waals surface area (Å²) in [6, 6.07) is 16.3. The number of carbonyl (C=O) groups excluding carboxylic acids is 2. The van der Waals surface area contributed by atoms with Gasteiger partial charge in [-0.1, -0.05) is 78.5 Å². The topological polar surface area (TPSA) is 89.0 Å². The molecule has 2 N–H and O–H groups in total. The molecule has 11 heteroatoms. The Kier molecular flexibility index (Phi) is 11.9. The predicted molar refractivity (Wildman–Crippen MR) is 161 cm³/mol. The van der Waals surface area contributed by atoms with Crippen molar-refractivity contribution in [3.63, 3.8) is 0 Å². The van der Waals surface area contributed by atoms with Crippen LogP contribution < -0.4 is 20.2 Å². The average molecular weight is 625 g/mol. The van der Waals surface area contributed by atoms with Crippen molar-refractivity contribution in [2.75, 3.05) is 0 Å². The molecule has 0 saturated heterocycles. The minimum absolute atomic E-state index is 0.111. The van der Waals surface area contributed by atoms with E-state index in [4.69, 9.17) is 55.9 Å². The van der Waals surface area contributed by atoms with Crippen LogP contribution in [0.25, 0.3) is 0 Å². The second kappa shape index (κ2) is 15.1. The van der Waals surface area contributed by atoms with Gasteiger partial charge in [0.1, 0.15) is 24.1 Å². The van der Waals surface area contributed by atoms with Crippen LogP contribution in [0, 0.1) is 5.92 Å². The fraction of sp³-hybridized carbons (Fsp3) is 0.276. The van der Waals surface area contributed by atoms with Gasteiger partial charge in [-0.05, 0) is 61.7 Å². The number of rotatable bonds is 12. The Hall–Kier alpha value is -2.97. The molecule has 0 fully saturated rings. The van der Waals surface area contributed by atoms with Crippen molar-refractivity contribution in [3.05, 3.63) is 91.9 Å². The lowest BCUT2D eigenvalue weighted by Gasteiger charge is -2.22. The van der Waals surface area contributed by atoms with Gasteiger partial charge in [0, 0.05) is 26.2 Å². The number of benzene rings is 3. The van der Waals surface area contributed by atoms with Gasteiger partial charge in [-0.3, -0.25) is 9.59 Å². The van der Waals surface area contributed by atoms with Gasteiger partial charge in [0.2, 0.25) is 0 Å². The molecule has 212 valence electrons. The van der Waals surface area contributed by atoms with Gasteiger partial charge >= 0.3 is 0 Å². The molecular formula is C29H29Cl4N3O4. The number of amides is 2. The summed E-state index contributed by atoms with van der Waals surface area (Å²) in [5, 5.41) is 8.60. The van der Waals surface area contributed by atoms with E-state index in [0.29, 0.717) is 38.6 Å². The van der Waals surface area contributed by atoms with Gasteiger partial charge in [-0.15, -0.1) is 0 Å². The summed E-state index contributed by atoms with van der Waals surface area (Å²) < 4.78 is 11.6. The summed E-state index contributed by atoms with van der Waals surface area (Å²) >= 11 is 24.5. The lowest BCUT2D eigenvalue weighted by Crippen LogP contribution is -2.49. The predicted octanol–water partition coefficient (Wildman–Crippen LogP) is 7.33. The molecular weight excluding hydrogens is 596 g/mol. The third kappa shape index (κ3) is 9.59. The normalized spacial score (nSPS) is 12.7. The lowest BCUT2D eigenvalue weighted by atomic mass is 10.0. The Morgan fingerprint density at radius 1 is 0.875 bits per heavy atom. The number of hydrazone groups is 1. The van der Waals surface area contributed by atoms with Crippen LogP contribution in [0.5, 0.6) is 11.5 Å². The van der Waals surface area contributed by atoms with Crippen molar-refractivity contribution >= 4 is 64.4 Å². The van der Waals surface area contributed by atoms with Gasteiger partial charge < -0.3 is 14.8 Å². The third-order valence-corrected chi connectivity index (χ3v) is 6.73. The number of hydrogen-bond acceptors (Lipinski definition) is 5. The lowest BCUT2D eigenvalue weighted by molar-refractivity contribution is -0.132. The molecule has 0 aromatic heterocycles. The second-order valence-electron chi connectivity index (χ2n) is 9.32. The number of nitrogens with one attached hydrogen (secondary N) is 2. The molecule has 3 aromatic carbocycles. The second-order valence-corrected chi connectivity index (χ2v) is 11.0. The Labute approximate surface area is 253 Å². The van der Waals surface area contributed by atoms with Crippen LogP contribution in [0.3, 0.4) is 0 Å². The van der Waals surface area contributed by atoms with Crippen molar-refractivity contribution in [1.82, 2.24) is 10.7 Å². The number of ether oxygens (including phenoxy) is 2. The van der Waals surface area contributed by atoms with Crippen molar-refractivity contribution in [2.24, 2.45) is 11.0 Å². The van der Waals surface area contributed by atoms with Crippen LogP contribution in [-0.2, 0) is 16.2 Å². The highest BCUT2D eigenvalue weighted by atomic mass is 35.5. The van der Waals surface area contributed by atoms with Crippen LogP contribution in [0.15, 0.2) is 65.8 Å². The van der Waals surface area contributed by atoms with Gasteiger partial charge in [0.15, 0.2) is 6.10 Å². The first-order valence-electron chi connectivity index (χ1n) is 12.4. The summed E-state index contributed by atoms with van der Waals surface area (Å²) in [6.45, 7) is 5.68. The molecule has 7 nitrogen and oxygen atoms in total. The van der Waals surface area contributed by atoms with Gasteiger partial charge in [-0.25, -0.2) is 5.43 Å². The first-order valence-corrected chi connectivity index (χ1v) is 14.0. The van der Waals surface area contributed by atoms with E-state index < -0.39 is 24.0 Å². The summed E-state index contributed by atoms with van der Waals surface area (Å²) in [4.78, 5) is 25.8. The minimum Gasteiger partial charge on any atom is -0.488 e. The highest BCUT2D eigenvalue weighted by Crippen LogP contribution is 2.28. The Morgan fingerprint density at radius 3 is 2.23 bits per heavy atom. The highest BCUT2D eigenvalue weighted by molar-refractivity contribution is 6.35. The zero-order valence-corrected chi connectivity index (χ0v) is 25.1. The number of halogens is 4. The Bertz CT molecular complexity index is 1370. The molecule has 0 spiro atoms. The van der Waals surface area contributed by atoms with E-state index >= 15 is 0 Å². The molecule has 0 bridgehead atoms. The van der Waals surface area contributed by atoms with Gasteiger partial charge in [-0.2, -0.15) is 5.10 Å². The van der Waals surface area contributed by atoms with Crippen LogP contribution in [0.2, 0.25) is 20.1 Å². The molecule has 3 rings (SSSR count). The van der Waals surface area contributed by atoms with E-state index in [2.05, 4.69) is 15.8 Å². The molecule has 0 aliphatic heterocycles. The van der Waals surface area contributed by atoms with E-state index in [1.165, 1.54) is 12.3 Å². The largest absolute Gasteiger partial charge is 0.488 e. The first kappa shape index (κ1) is 31.6. The zero-order chi connectivity index (χ0) is 29.2. The molecule has 2 atom stereocenters. The van der Waals surface area contributed by atoms with E-state index in [1.54, 1.807) is 43.3 Å². The molecule has 40 heavy (non-hydrogen) atoms. The maximum Gasteiger partial charge on any atom is 0.262 e. The molecule has 2 amide bonds. The molecule has 0 heterocycles. The summed E-state index contributed by atoms with van der Waals surface area (Å²) in [5.74, 6) is -0.0605. The molecule has 0 aliphatic carbocycles. The van der Waals surface area contributed by atoms with Crippen molar-refractivity contribution in [3.8, 4) is 11.5 Å². The monoisotopic (exact) mass is 623 g/mol. The van der Waals surface area contributed by atoms with Crippen LogP contribution in [0.4, 0.5) is 0 Å². The molecule has 3 aromatic rings. The maximum absolute atomic E-state index is 13.0. The summed E-state index contributed by atoms with van der Waals surface area (Å²) in [6.07, 6.45) is 0.882. The van der Waals surface area contributed by atoms with Crippen molar-refractivity contribution in [1.29, 1.82) is 0 Å². The van der Waals surface area contributed by atoms with E-state index in [9.17, 15) is 9.59 Å². The SMILES string of the molecule is CC(C)C[C@H](NC(=O)[C@H](C)Oc1ccc(Cl)cc1Cl)C(=O)N/N=C\c1cc(Cl)ccc1OCc1ccccc1Cl. The zero-order valence-electron chi connectivity index (χ0n) is 22.1. The minimum atomic E-state index is -0.922. The fourth-order valence-electron chi connectivity index (χ4n) is 3.57. The van der Waals surface area contributed by atoms with Gasteiger partial charge in [0.05, 0.1) is 11.2 Å². The maximum atomic E-state index is 13.0. The summed E-state index contributed by atoms with van der Waals surface area (Å²) in [5.41, 5.74) is 3.86. The molecule has 0 radical (unpaired) electrons. The number of nitrogens with zero attached hydrogens (tertiary/aromatic N) is 1. The standard InChI is InChI=1S/C29H29Cl4N3O4/c1-17(2)12-25(35-28(37)18(3)40-27-11-9-22(31)14-24(27)33)29(38)36-34-15-20-13-21(30)8-10-26(20)39-16-19-6-4-5-7-23(19)32/h4-11,13-15,17-18,25H,12,16H2,1-3H3,(H,35,37)(H,36,38)/b34-15-/t18-,25-/m0/s1. The first-order chi connectivity index (χ1) is 19.0. The van der Waals surface area contributed by atoms with Crippen LogP contribution in [-0.4, -0.2) is 30.2 Å². The van der Waals surface area contributed by atoms with E-state index in [-0.39, 0.29) is 17.5 Å². The quantitative estimate of drug-likeness (QED) is 0.163. The fourth-order valence-corrected chi connectivity index (χ4v) is 4.40. The van der Waals surface area contributed by atoms with Crippen molar-refractivity contribution in [2.45, 2.75) is 45.9 Å². The molecule has 0 aliphatic rings. The average Bonchev–Trinajstić information content (AvgIpc) is 2.89. The van der Waals surface area contributed by atoms with Crippen LogP contribution >= 0.6 is 46.4 Å².